The Labute approximate surface area is 465 Å². The van der Waals surface area contributed by atoms with Gasteiger partial charge < -0.3 is 39.0 Å². The van der Waals surface area contributed by atoms with Crippen LogP contribution in [0.3, 0.4) is 0 Å². The summed E-state index contributed by atoms with van der Waals surface area (Å²) in [6.45, 7) is 5.67. The third kappa shape index (κ3) is 41.8. The van der Waals surface area contributed by atoms with E-state index in [9.17, 15) is 34.5 Å². The Morgan fingerprint density at radius 1 is 0.442 bits per heavy atom. The van der Waals surface area contributed by atoms with E-state index in [0.29, 0.717) is 25.7 Å². The first-order valence-electron chi connectivity index (χ1n) is 29.5. The van der Waals surface area contributed by atoms with Crippen molar-refractivity contribution in [3.05, 3.63) is 122 Å². The van der Waals surface area contributed by atoms with Gasteiger partial charge in [0.05, 0.1) is 6.61 Å². The largest absolute Gasteiger partial charge is 0.479 e. The number of carboxylic acid groups (broad SMARTS) is 1. The van der Waals surface area contributed by atoms with Crippen LogP contribution in [0.2, 0.25) is 0 Å². The fourth-order valence-corrected chi connectivity index (χ4v) is 8.05. The molecule has 6 atom stereocenters. The number of carbonyl (C=O) groups excluding carboxylic acids is 3. The first-order valence-corrected chi connectivity index (χ1v) is 29.5. The predicted molar refractivity (Wildman–Crippen MR) is 312 cm³/mol. The van der Waals surface area contributed by atoms with Crippen molar-refractivity contribution in [1.29, 1.82) is 0 Å². The molecule has 1 rings (SSSR count). The van der Waals surface area contributed by atoms with Crippen LogP contribution in [0.5, 0.6) is 0 Å². The molecular weight excluding hydrogens is 973 g/mol. The van der Waals surface area contributed by atoms with Crippen LogP contribution in [-0.4, -0.2) is 89.2 Å². The molecule has 12 heteroatoms. The van der Waals surface area contributed by atoms with E-state index >= 15 is 0 Å². The third-order valence-corrected chi connectivity index (χ3v) is 12.5. The van der Waals surface area contributed by atoms with Crippen LogP contribution in [0.4, 0.5) is 0 Å². The van der Waals surface area contributed by atoms with Gasteiger partial charge in [0.25, 0.3) is 0 Å². The molecule has 0 aliphatic carbocycles. The zero-order chi connectivity index (χ0) is 56.1. The van der Waals surface area contributed by atoms with Gasteiger partial charge in [0.2, 0.25) is 0 Å². The molecule has 1 aliphatic heterocycles. The van der Waals surface area contributed by atoms with Crippen LogP contribution in [-0.2, 0) is 42.9 Å². The first-order chi connectivity index (χ1) is 37.6. The number of rotatable bonds is 48. The Hall–Kier alpha value is -4.88. The Morgan fingerprint density at radius 3 is 1.32 bits per heavy atom. The molecule has 1 fully saturated rings. The van der Waals surface area contributed by atoms with Crippen molar-refractivity contribution in [3.63, 3.8) is 0 Å². The van der Waals surface area contributed by atoms with Crippen molar-refractivity contribution in [2.45, 2.75) is 250 Å². The fraction of sp³-hybridized carbons (Fsp3) is 0.631. The molecule has 3 N–H and O–H groups in total. The maximum Gasteiger partial charge on any atom is 0.335 e. The summed E-state index contributed by atoms with van der Waals surface area (Å²) in [6.07, 6.45) is 59.0. The van der Waals surface area contributed by atoms with Crippen molar-refractivity contribution in [2.75, 3.05) is 13.2 Å². The monoisotopic (exact) mass is 1070 g/mol. The van der Waals surface area contributed by atoms with Crippen molar-refractivity contribution in [3.8, 4) is 0 Å². The molecule has 6 unspecified atom stereocenters. The standard InChI is InChI=1S/C65H102O12/c1-4-7-10-13-16-19-22-25-27-28-29-30-32-34-36-39-42-45-48-51-57(66)73-54-56(75-58(67)52-49-46-43-40-38-35-31-26-23-20-17-14-11-8-5-2)55-74-65-63(61(70)60(69)62(77-65)64(71)72)76-59(68)53-50-47-44-41-37-33-24-21-18-15-12-9-6-3/h7,9-10,12,16,18-19,21,25-27,29-31,33-34,36-37,44,47,56,60-63,65,69-70H,4-6,8,11,13-15,17,20,22-24,28,32,35,38-43,45-46,48-55H2,1-3H3,(H,71,72)/b10-7-,12-9-,19-16-,21-18-,27-25-,30-29-,31-26-,36-34-,37-33-,47-44-. The summed E-state index contributed by atoms with van der Waals surface area (Å²) in [4.78, 5) is 51.1. The van der Waals surface area contributed by atoms with Gasteiger partial charge in [-0.2, -0.15) is 0 Å². The minimum Gasteiger partial charge on any atom is -0.479 e. The number of hydrogen-bond donors (Lipinski definition) is 3. The predicted octanol–water partition coefficient (Wildman–Crippen LogP) is 15.2. The number of allylic oxidation sites excluding steroid dienone is 20. The van der Waals surface area contributed by atoms with E-state index in [2.05, 4.69) is 124 Å². The van der Waals surface area contributed by atoms with Crippen molar-refractivity contribution < 1.29 is 58.2 Å². The van der Waals surface area contributed by atoms with Gasteiger partial charge >= 0.3 is 23.9 Å². The van der Waals surface area contributed by atoms with Crippen LogP contribution in [0.25, 0.3) is 0 Å². The number of aliphatic carboxylic acids is 1. The second kappa shape index (κ2) is 51.9. The topological polar surface area (TPSA) is 175 Å². The van der Waals surface area contributed by atoms with Gasteiger partial charge in [-0.15, -0.1) is 0 Å². The molecule has 1 saturated heterocycles. The molecule has 0 aromatic carbocycles. The van der Waals surface area contributed by atoms with Gasteiger partial charge in [-0.3, -0.25) is 14.4 Å². The lowest BCUT2D eigenvalue weighted by molar-refractivity contribution is -0.301. The SMILES string of the molecule is CC/C=C\C/C=C\C/C=C\C/C=C\C/C=C\CCCCCC(=O)OCC(COC1OC(C(=O)O)C(O)C(O)C1OC(=O)CC/C=C\C/C=C\C/C=C\C/C=C\CC)OC(=O)CCCCCCC/C=C\CCCCCCCC. The van der Waals surface area contributed by atoms with Gasteiger partial charge in [-0.1, -0.05) is 200 Å². The third-order valence-electron chi connectivity index (χ3n) is 12.5. The second-order valence-corrected chi connectivity index (χ2v) is 19.5. The number of ether oxygens (including phenoxy) is 5. The van der Waals surface area contributed by atoms with Crippen molar-refractivity contribution in [2.24, 2.45) is 0 Å². The average molecular weight is 1080 g/mol. The number of esters is 3. The highest BCUT2D eigenvalue weighted by atomic mass is 16.7. The van der Waals surface area contributed by atoms with E-state index in [0.717, 1.165) is 109 Å². The molecule has 0 aromatic heterocycles. The zero-order valence-corrected chi connectivity index (χ0v) is 47.7. The molecule has 434 valence electrons. The summed E-state index contributed by atoms with van der Waals surface area (Å²) in [5, 5.41) is 31.4. The van der Waals surface area contributed by atoms with E-state index in [1.54, 1.807) is 0 Å². The Bertz CT molecular complexity index is 1800. The highest BCUT2D eigenvalue weighted by Gasteiger charge is 2.50. The van der Waals surface area contributed by atoms with Crippen LogP contribution in [0, 0.1) is 0 Å². The van der Waals surface area contributed by atoms with E-state index in [1.165, 1.54) is 38.5 Å². The van der Waals surface area contributed by atoms with Crippen molar-refractivity contribution in [1.82, 2.24) is 0 Å². The smallest absolute Gasteiger partial charge is 0.335 e. The van der Waals surface area contributed by atoms with Gasteiger partial charge in [-0.25, -0.2) is 4.79 Å². The lowest BCUT2D eigenvalue weighted by atomic mass is 9.98. The fourth-order valence-electron chi connectivity index (χ4n) is 8.05. The normalized spacial score (nSPS) is 18.9. The van der Waals surface area contributed by atoms with Gasteiger partial charge in [0.15, 0.2) is 24.6 Å². The Morgan fingerprint density at radius 2 is 0.844 bits per heavy atom. The van der Waals surface area contributed by atoms with Crippen LogP contribution in [0.15, 0.2) is 122 Å². The van der Waals surface area contributed by atoms with E-state index in [-0.39, 0.29) is 25.9 Å². The maximum absolute atomic E-state index is 13.1. The molecule has 1 aliphatic rings. The average Bonchev–Trinajstić information content (AvgIpc) is 3.42. The summed E-state index contributed by atoms with van der Waals surface area (Å²) >= 11 is 0. The molecule has 12 nitrogen and oxygen atoms in total. The molecule has 0 amide bonds. The van der Waals surface area contributed by atoms with Gasteiger partial charge in [0.1, 0.15) is 18.8 Å². The first kappa shape index (κ1) is 70.1. The molecular formula is C65H102O12. The maximum atomic E-state index is 13.1. The Balaban J connectivity index is 2.76. The number of unbranched alkanes of at least 4 members (excludes halogenated alkanes) is 14. The summed E-state index contributed by atoms with van der Waals surface area (Å²) in [5.41, 5.74) is 0. The second-order valence-electron chi connectivity index (χ2n) is 19.5. The lowest BCUT2D eigenvalue weighted by Gasteiger charge is -2.40. The van der Waals surface area contributed by atoms with E-state index in [4.69, 9.17) is 23.7 Å². The lowest BCUT2D eigenvalue weighted by Crippen LogP contribution is -2.61. The Kier molecular flexibility index (Phi) is 47.2. The molecule has 0 bridgehead atoms. The quantitative estimate of drug-likeness (QED) is 0.0228. The highest BCUT2D eigenvalue weighted by molar-refractivity contribution is 5.74. The van der Waals surface area contributed by atoms with Gasteiger partial charge in [-0.05, 0) is 116 Å². The summed E-state index contributed by atoms with van der Waals surface area (Å²) in [6, 6.07) is 0. The summed E-state index contributed by atoms with van der Waals surface area (Å²) < 4.78 is 28.3. The molecule has 0 saturated carbocycles. The molecule has 0 spiro atoms. The molecule has 1 heterocycles. The summed E-state index contributed by atoms with van der Waals surface area (Å²) in [7, 11) is 0. The minimum atomic E-state index is -1.94. The molecule has 77 heavy (non-hydrogen) atoms. The number of carbonyl (C=O) groups is 4. The molecule has 0 radical (unpaired) electrons. The van der Waals surface area contributed by atoms with Gasteiger partial charge in [0, 0.05) is 19.3 Å². The van der Waals surface area contributed by atoms with Crippen LogP contribution in [0.1, 0.15) is 213 Å². The van der Waals surface area contributed by atoms with Crippen LogP contribution < -0.4 is 0 Å². The van der Waals surface area contributed by atoms with E-state index in [1.807, 2.05) is 18.2 Å². The minimum absolute atomic E-state index is 0.0709. The number of aliphatic hydroxyl groups excluding tert-OH is 2. The van der Waals surface area contributed by atoms with Crippen LogP contribution >= 0.6 is 0 Å². The highest BCUT2D eigenvalue weighted by Crippen LogP contribution is 2.26. The summed E-state index contributed by atoms with van der Waals surface area (Å²) in [5.74, 6) is -3.30. The van der Waals surface area contributed by atoms with Crippen molar-refractivity contribution >= 4 is 23.9 Å². The number of aliphatic hydroxyl groups is 2. The zero-order valence-electron chi connectivity index (χ0n) is 47.7. The number of carboxylic acids is 1. The molecule has 0 aromatic rings. The van der Waals surface area contributed by atoms with E-state index < -0.39 is 67.3 Å². The number of hydrogen-bond acceptors (Lipinski definition) is 11.